The van der Waals surface area contributed by atoms with E-state index >= 15 is 0 Å². The summed E-state index contributed by atoms with van der Waals surface area (Å²) < 4.78 is 0. The van der Waals surface area contributed by atoms with E-state index in [1.807, 2.05) is 19.0 Å². The number of nitrogens with zero attached hydrogens (tertiary/aromatic N) is 2. The van der Waals surface area contributed by atoms with Crippen LogP contribution in [0.25, 0.3) is 0 Å². The molecule has 0 fully saturated rings. The largest absolute Gasteiger partial charge is 0.299 e. The van der Waals surface area contributed by atoms with Gasteiger partial charge in [0, 0.05) is 20.6 Å². The Kier molecular flexibility index (Phi) is 4.94. The van der Waals surface area contributed by atoms with Gasteiger partial charge in [0.05, 0.1) is 0 Å². The van der Waals surface area contributed by atoms with E-state index in [9.17, 15) is 0 Å². The molecule has 0 aliphatic heterocycles. The van der Waals surface area contributed by atoms with Gasteiger partial charge in [0.2, 0.25) is 0 Å². The van der Waals surface area contributed by atoms with Gasteiger partial charge < -0.3 is 0 Å². The molecule has 0 saturated carbocycles. The number of aliphatic imine (C=N–C) groups is 1. The van der Waals surface area contributed by atoms with Crippen molar-refractivity contribution in [3.63, 3.8) is 0 Å². The molecule has 0 bridgehead atoms. The third-order valence-corrected chi connectivity index (χ3v) is 1.41. The third kappa shape index (κ3) is 3.45. The van der Waals surface area contributed by atoms with Crippen molar-refractivity contribution in [1.29, 1.82) is 0 Å². The molecule has 0 aromatic rings. The fourth-order valence-corrected chi connectivity index (χ4v) is 0.544. The summed E-state index contributed by atoms with van der Waals surface area (Å²) in [7, 11) is 3.76. The highest BCUT2D eigenvalue weighted by atomic mass is 15.5. The second-order valence-corrected chi connectivity index (χ2v) is 2.24. The smallest absolute Gasteiger partial charge is 0.109 e. The van der Waals surface area contributed by atoms with Crippen molar-refractivity contribution >= 4 is 5.84 Å². The van der Waals surface area contributed by atoms with Crippen LogP contribution in [0, 0.1) is 0 Å². The summed E-state index contributed by atoms with van der Waals surface area (Å²) >= 11 is 0. The Bertz CT molecular complexity index is 109. The molecule has 0 amide bonds. The van der Waals surface area contributed by atoms with Crippen LogP contribution in [0.1, 0.15) is 20.3 Å². The molecular formula is C7H17N3. The van der Waals surface area contributed by atoms with Crippen LogP contribution >= 0.6 is 0 Å². The highest BCUT2D eigenvalue weighted by molar-refractivity contribution is 5.78. The summed E-state index contributed by atoms with van der Waals surface area (Å²) in [5.41, 5.74) is 3.19. The molecule has 0 aliphatic rings. The minimum atomic E-state index is 1.00. The van der Waals surface area contributed by atoms with Gasteiger partial charge in [0.25, 0.3) is 0 Å². The summed E-state index contributed by atoms with van der Waals surface area (Å²) in [4.78, 5) is 4.02. The van der Waals surface area contributed by atoms with Gasteiger partial charge in [-0.05, 0) is 13.3 Å². The SMILES string of the molecule is CCCNN(C)C(C)=NC. The molecule has 1 N–H and O–H groups in total. The van der Waals surface area contributed by atoms with Crippen LogP contribution in [0.3, 0.4) is 0 Å². The molecule has 0 rings (SSSR count). The number of hydrogen-bond acceptors (Lipinski definition) is 2. The maximum absolute atomic E-state index is 4.02. The van der Waals surface area contributed by atoms with E-state index in [0.29, 0.717) is 0 Å². The minimum Gasteiger partial charge on any atom is -0.299 e. The maximum atomic E-state index is 4.02. The van der Waals surface area contributed by atoms with Crippen molar-refractivity contribution in [2.75, 3.05) is 20.6 Å². The van der Waals surface area contributed by atoms with Crippen LogP contribution in [0.4, 0.5) is 0 Å². The van der Waals surface area contributed by atoms with Gasteiger partial charge >= 0.3 is 0 Å². The molecular weight excluding hydrogens is 126 g/mol. The molecule has 0 heterocycles. The van der Waals surface area contributed by atoms with Gasteiger partial charge in [0.15, 0.2) is 0 Å². The monoisotopic (exact) mass is 143 g/mol. The number of amidine groups is 1. The van der Waals surface area contributed by atoms with Crippen LogP contribution in [0.5, 0.6) is 0 Å². The predicted octanol–water partition coefficient (Wildman–Crippen LogP) is 0.881. The zero-order valence-electron chi connectivity index (χ0n) is 7.31. The third-order valence-electron chi connectivity index (χ3n) is 1.41. The van der Waals surface area contributed by atoms with Gasteiger partial charge in [0.1, 0.15) is 5.84 Å². The summed E-state index contributed by atoms with van der Waals surface area (Å²) in [6.07, 6.45) is 1.14. The van der Waals surface area contributed by atoms with Crippen LogP contribution in [0.15, 0.2) is 4.99 Å². The molecule has 0 spiro atoms. The van der Waals surface area contributed by atoms with Gasteiger partial charge in [-0.2, -0.15) is 0 Å². The van der Waals surface area contributed by atoms with Crippen LogP contribution in [-0.4, -0.2) is 31.5 Å². The zero-order chi connectivity index (χ0) is 7.98. The Morgan fingerprint density at radius 1 is 1.60 bits per heavy atom. The van der Waals surface area contributed by atoms with Gasteiger partial charge in [-0.3, -0.25) is 10.0 Å². The second kappa shape index (κ2) is 5.23. The summed E-state index contributed by atoms with van der Waals surface area (Å²) in [5, 5.41) is 1.93. The summed E-state index contributed by atoms with van der Waals surface area (Å²) in [5.74, 6) is 1.01. The number of hydrogen-bond donors (Lipinski definition) is 1. The van der Waals surface area contributed by atoms with Crippen LogP contribution in [-0.2, 0) is 0 Å². The number of nitrogens with one attached hydrogen (secondary N) is 1. The normalized spacial score (nSPS) is 11.8. The maximum Gasteiger partial charge on any atom is 0.109 e. The Labute approximate surface area is 63.1 Å². The Hall–Kier alpha value is -0.570. The lowest BCUT2D eigenvalue weighted by atomic mass is 10.5. The first kappa shape index (κ1) is 9.43. The minimum absolute atomic E-state index is 1.00. The van der Waals surface area contributed by atoms with Crippen molar-refractivity contribution in [3.05, 3.63) is 0 Å². The van der Waals surface area contributed by atoms with Gasteiger partial charge in [-0.1, -0.05) is 6.92 Å². The molecule has 60 valence electrons. The molecule has 0 radical (unpaired) electrons. The van der Waals surface area contributed by atoms with E-state index in [1.165, 1.54) is 0 Å². The first-order chi connectivity index (χ1) is 4.72. The quantitative estimate of drug-likeness (QED) is 0.361. The Morgan fingerprint density at radius 3 is 2.60 bits per heavy atom. The van der Waals surface area contributed by atoms with E-state index in [1.54, 1.807) is 7.05 Å². The lowest BCUT2D eigenvalue weighted by Crippen LogP contribution is -2.38. The van der Waals surface area contributed by atoms with Crippen LogP contribution in [0.2, 0.25) is 0 Å². The number of rotatable bonds is 3. The van der Waals surface area contributed by atoms with Crippen molar-refractivity contribution in [3.8, 4) is 0 Å². The van der Waals surface area contributed by atoms with Gasteiger partial charge in [-0.25, -0.2) is 5.43 Å². The average Bonchev–Trinajstić information content (AvgIpc) is 1.98. The lowest BCUT2D eigenvalue weighted by molar-refractivity contribution is 0.364. The second-order valence-electron chi connectivity index (χ2n) is 2.24. The lowest BCUT2D eigenvalue weighted by Gasteiger charge is -2.18. The molecule has 3 heteroatoms. The molecule has 0 atom stereocenters. The topological polar surface area (TPSA) is 27.6 Å². The molecule has 0 saturated heterocycles. The molecule has 0 aromatic carbocycles. The van der Waals surface area contributed by atoms with Crippen molar-refractivity contribution < 1.29 is 0 Å². The number of hydrazine groups is 1. The highest BCUT2D eigenvalue weighted by Crippen LogP contribution is 1.80. The first-order valence-corrected chi connectivity index (χ1v) is 3.63. The standard InChI is InChI=1S/C7H17N3/c1-5-6-9-10(4)7(2)8-3/h9H,5-6H2,1-4H3. The summed E-state index contributed by atoms with van der Waals surface area (Å²) in [6.45, 7) is 5.12. The molecule has 3 nitrogen and oxygen atoms in total. The highest BCUT2D eigenvalue weighted by Gasteiger charge is 1.94. The zero-order valence-corrected chi connectivity index (χ0v) is 7.31. The summed E-state index contributed by atoms with van der Waals surface area (Å²) in [6, 6.07) is 0. The Balaban J connectivity index is 3.51. The van der Waals surface area contributed by atoms with E-state index in [0.717, 1.165) is 18.8 Å². The fourth-order valence-electron chi connectivity index (χ4n) is 0.544. The molecule has 0 aliphatic carbocycles. The molecule has 10 heavy (non-hydrogen) atoms. The van der Waals surface area contributed by atoms with E-state index < -0.39 is 0 Å². The first-order valence-electron chi connectivity index (χ1n) is 3.63. The van der Waals surface area contributed by atoms with Crippen molar-refractivity contribution in [2.45, 2.75) is 20.3 Å². The fraction of sp³-hybridized carbons (Fsp3) is 0.857. The molecule has 0 aromatic heterocycles. The molecule has 0 unspecified atom stereocenters. The van der Waals surface area contributed by atoms with Crippen LogP contribution < -0.4 is 5.43 Å². The van der Waals surface area contributed by atoms with Gasteiger partial charge in [-0.15, -0.1) is 0 Å². The van der Waals surface area contributed by atoms with Crippen molar-refractivity contribution in [2.24, 2.45) is 4.99 Å². The van der Waals surface area contributed by atoms with E-state index in [4.69, 9.17) is 0 Å². The van der Waals surface area contributed by atoms with E-state index in [-0.39, 0.29) is 0 Å². The van der Waals surface area contributed by atoms with Crippen molar-refractivity contribution in [1.82, 2.24) is 10.4 Å². The van der Waals surface area contributed by atoms with E-state index in [2.05, 4.69) is 17.3 Å². The predicted molar refractivity (Wildman–Crippen MR) is 45.1 cm³/mol. The Morgan fingerprint density at radius 2 is 2.20 bits per heavy atom. The average molecular weight is 143 g/mol.